The molecule has 1 aromatic carbocycles. The highest BCUT2D eigenvalue weighted by atomic mass is 79.9. The Morgan fingerprint density at radius 2 is 2.44 bits per heavy atom. The molecule has 5 heteroatoms. The summed E-state index contributed by atoms with van der Waals surface area (Å²) in [7, 11) is 0. The van der Waals surface area contributed by atoms with E-state index in [4.69, 9.17) is 0 Å². The van der Waals surface area contributed by atoms with E-state index in [0.29, 0.717) is 0 Å². The molecule has 0 spiro atoms. The van der Waals surface area contributed by atoms with Gasteiger partial charge in [0.25, 0.3) is 0 Å². The van der Waals surface area contributed by atoms with Gasteiger partial charge in [0.05, 0.1) is 11.4 Å². The van der Waals surface area contributed by atoms with Crippen LogP contribution in [0, 0.1) is 5.82 Å². The lowest BCUT2D eigenvalue weighted by Gasteiger charge is -2.25. The number of nitrogens with one attached hydrogen (secondary N) is 1. The van der Waals surface area contributed by atoms with Gasteiger partial charge in [-0.1, -0.05) is 15.9 Å². The van der Waals surface area contributed by atoms with Gasteiger partial charge in [0, 0.05) is 10.6 Å². The zero-order valence-corrected chi connectivity index (χ0v) is 10.9. The molecule has 1 aromatic rings. The number of rotatable bonds is 2. The number of alkyl halides is 1. The van der Waals surface area contributed by atoms with E-state index in [-0.39, 0.29) is 23.1 Å². The van der Waals surface area contributed by atoms with Crippen LogP contribution in [-0.4, -0.2) is 17.0 Å². The van der Waals surface area contributed by atoms with Crippen molar-refractivity contribution in [3.8, 4) is 0 Å². The minimum Gasteiger partial charge on any atom is -0.349 e. The molecule has 0 saturated heterocycles. The highest BCUT2D eigenvalue weighted by molar-refractivity contribution is 9.09. The monoisotopic (exact) mass is 303 g/mol. The number of halogens is 2. The zero-order valence-electron chi connectivity index (χ0n) is 8.50. The standard InChI is InChI=1S/C11H11BrFNOS/c12-6-11(15)14-9-3-4-16-10-2-1-7(13)5-8(9)10/h1-2,5,9H,3-4,6H2,(H,14,15). The molecule has 2 nitrogen and oxygen atoms in total. The third-order valence-electron chi connectivity index (χ3n) is 2.47. The Morgan fingerprint density at radius 1 is 1.62 bits per heavy atom. The van der Waals surface area contributed by atoms with Gasteiger partial charge >= 0.3 is 0 Å². The minimum absolute atomic E-state index is 0.0583. The van der Waals surface area contributed by atoms with Crippen molar-refractivity contribution in [1.82, 2.24) is 5.32 Å². The van der Waals surface area contributed by atoms with Crippen molar-refractivity contribution in [2.75, 3.05) is 11.1 Å². The first-order valence-corrected chi connectivity index (χ1v) is 7.09. The number of amides is 1. The molecule has 1 aliphatic rings. The summed E-state index contributed by atoms with van der Waals surface area (Å²) in [6, 6.07) is 4.69. The van der Waals surface area contributed by atoms with Crippen molar-refractivity contribution in [3.05, 3.63) is 29.6 Å². The minimum atomic E-state index is -0.251. The first kappa shape index (κ1) is 11.9. The van der Waals surface area contributed by atoms with Crippen LogP contribution in [-0.2, 0) is 4.79 Å². The Kier molecular flexibility index (Phi) is 3.86. The molecule has 0 aliphatic carbocycles. The van der Waals surface area contributed by atoms with E-state index in [1.54, 1.807) is 17.8 Å². The summed E-state index contributed by atoms with van der Waals surface area (Å²) >= 11 is 4.81. The topological polar surface area (TPSA) is 29.1 Å². The summed E-state index contributed by atoms with van der Waals surface area (Å²) < 4.78 is 13.2. The van der Waals surface area contributed by atoms with E-state index in [1.165, 1.54) is 12.1 Å². The van der Waals surface area contributed by atoms with Gasteiger partial charge in [-0.15, -0.1) is 11.8 Å². The predicted molar refractivity (Wildman–Crippen MR) is 66.4 cm³/mol. The second-order valence-electron chi connectivity index (χ2n) is 3.57. The summed E-state index contributed by atoms with van der Waals surface area (Å²) in [6.45, 7) is 0. The third-order valence-corrected chi connectivity index (χ3v) is 4.10. The van der Waals surface area contributed by atoms with Crippen LogP contribution in [0.5, 0.6) is 0 Å². The molecule has 1 heterocycles. The maximum atomic E-state index is 13.2. The SMILES string of the molecule is O=C(CBr)NC1CCSc2ccc(F)cc21. The average Bonchev–Trinajstić information content (AvgIpc) is 2.29. The van der Waals surface area contributed by atoms with E-state index in [1.807, 2.05) is 0 Å². The lowest BCUT2D eigenvalue weighted by Crippen LogP contribution is -2.31. The molecule has 1 N–H and O–H groups in total. The highest BCUT2D eigenvalue weighted by Crippen LogP contribution is 2.36. The maximum absolute atomic E-state index is 13.2. The Balaban J connectivity index is 2.24. The quantitative estimate of drug-likeness (QED) is 0.851. The van der Waals surface area contributed by atoms with Crippen LogP contribution in [0.3, 0.4) is 0 Å². The molecule has 86 valence electrons. The third kappa shape index (κ3) is 2.58. The van der Waals surface area contributed by atoms with E-state index >= 15 is 0 Å². The van der Waals surface area contributed by atoms with Crippen molar-refractivity contribution in [2.45, 2.75) is 17.4 Å². The summed E-state index contributed by atoms with van der Waals surface area (Å²) in [5.41, 5.74) is 0.894. The van der Waals surface area contributed by atoms with E-state index in [0.717, 1.165) is 22.6 Å². The summed E-state index contributed by atoms with van der Waals surface area (Å²) in [4.78, 5) is 12.4. The van der Waals surface area contributed by atoms with Crippen molar-refractivity contribution >= 4 is 33.6 Å². The van der Waals surface area contributed by atoms with Gasteiger partial charge in [0.15, 0.2) is 0 Å². The molecule has 0 fully saturated rings. The second kappa shape index (κ2) is 5.19. The first-order chi connectivity index (χ1) is 7.70. The highest BCUT2D eigenvalue weighted by Gasteiger charge is 2.22. The normalized spacial score (nSPS) is 19.0. The fraction of sp³-hybridized carbons (Fsp3) is 0.364. The van der Waals surface area contributed by atoms with Crippen molar-refractivity contribution in [3.63, 3.8) is 0 Å². The molecule has 1 aliphatic heterocycles. The number of thioether (sulfide) groups is 1. The van der Waals surface area contributed by atoms with Gasteiger partial charge in [-0.05, 0) is 30.2 Å². The first-order valence-electron chi connectivity index (χ1n) is 4.98. The van der Waals surface area contributed by atoms with Gasteiger partial charge in [0.1, 0.15) is 5.82 Å². The largest absolute Gasteiger partial charge is 0.349 e. The number of fused-ring (bicyclic) bond motifs is 1. The van der Waals surface area contributed by atoms with Crippen molar-refractivity contribution in [2.24, 2.45) is 0 Å². The number of hydrogen-bond acceptors (Lipinski definition) is 2. The number of carbonyl (C=O) groups excluding carboxylic acids is 1. The summed E-state index contributed by atoms with van der Waals surface area (Å²) in [5, 5.41) is 3.17. The second-order valence-corrected chi connectivity index (χ2v) is 5.27. The number of carbonyl (C=O) groups is 1. The fourth-order valence-corrected chi connectivity index (χ4v) is 3.02. The lowest BCUT2D eigenvalue weighted by molar-refractivity contribution is -0.119. The van der Waals surface area contributed by atoms with Crippen LogP contribution in [0.1, 0.15) is 18.0 Å². The van der Waals surface area contributed by atoms with Crippen LogP contribution in [0.4, 0.5) is 4.39 Å². The van der Waals surface area contributed by atoms with Crippen LogP contribution in [0.2, 0.25) is 0 Å². The average molecular weight is 304 g/mol. The molecule has 0 radical (unpaired) electrons. The van der Waals surface area contributed by atoms with Crippen LogP contribution >= 0.6 is 27.7 Å². The number of hydrogen-bond donors (Lipinski definition) is 1. The molecule has 0 aromatic heterocycles. The lowest BCUT2D eigenvalue weighted by atomic mass is 10.0. The Bertz CT molecular complexity index is 413. The Morgan fingerprint density at radius 3 is 3.19 bits per heavy atom. The molecule has 2 rings (SSSR count). The molecule has 1 atom stereocenters. The number of benzene rings is 1. The van der Waals surface area contributed by atoms with Crippen molar-refractivity contribution in [1.29, 1.82) is 0 Å². The maximum Gasteiger partial charge on any atom is 0.231 e. The van der Waals surface area contributed by atoms with E-state index < -0.39 is 0 Å². The zero-order chi connectivity index (χ0) is 11.5. The smallest absolute Gasteiger partial charge is 0.231 e. The molecule has 0 saturated carbocycles. The Hall–Kier alpha value is -0.550. The van der Waals surface area contributed by atoms with Crippen LogP contribution in [0.15, 0.2) is 23.1 Å². The summed E-state index contributed by atoms with van der Waals surface area (Å²) in [6.07, 6.45) is 0.847. The van der Waals surface area contributed by atoms with Gasteiger partial charge in [0.2, 0.25) is 5.91 Å². The van der Waals surface area contributed by atoms with Crippen LogP contribution in [0.25, 0.3) is 0 Å². The van der Waals surface area contributed by atoms with Gasteiger partial charge in [-0.2, -0.15) is 0 Å². The van der Waals surface area contributed by atoms with Crippen LogP contribution < -0.4 is 5.32 Å². The fourth-order valence-electron chi connectivity index (χ4n) is 1.75. The Labute approximate surface area is 106 Å². The molecular weight excluding hydrogens is 293 g/mol. The molecule has 16 heavy (non-hydrogen) atoms. The van der Waals surface area contributed by atoms with E-state index in [9.17, 15) is 9.18 Å². The predicted octanol–water partition coefficient (Wildman–Crippen LogP) is 2.87. The van der Waals surface area contributed by atoms with Gasteiger partial charge in [-0.3, -0.25) is 4.79 Å². The molecule has 1 amide bonds. The van der Waals surface area contributed by atoms with Gasteiger partial charge < -0.3 is 5.32 Å². The van der Waals surface area contributed by atoms with E-state index in [2.05, 4.69) is 21.2 Å². The van der Waals surface area contributed by atoms with Crippen molar-refractivity contribution < 1.29 is 9.18 Å². The molecule has 1 unspecified atom stereocenters. The summed E-state index contributed by atoms with van der Waals surface area (Å²) in [5.74, 6) is 0.637. The molecular formula is C11H11BrFNOS. The molecule has 0 bridgehead atoms. The van der Waals surface area contributed by atoms with Gasteiger partial charge in [-0.25, -0.2) is 4.39 Å².